The molecule has 7 heteroatoms. The van der Waals surface area contributed by atoms with Gasteiger partial charge in [-0.25, -0.2) is 9.59 Å². The standard InChI is InChI=1S/C15H20O7/c1-10(16)21-8-6-4-5-7-11-14(15(18)20-3)12(19-2)9-13(17)22-11/h9H,4-8H2,1-3H3. The van der Waals surface area contributed by atoms with Gasteiger partial charge in [-0.2, -0.15) is 0 Å². The average Bonchev–Trinajstić information content (AvgIpc) is 2.48. The van der Waals surface area contributed by atoms with E-state index < -0.39 is 11.6 Å². The van der Waals surface area contributed by atoms with Crippen LogP contribution in [0.4, 0.5) is 0 Å². The first-order valence-electron chi connectivity index (χ1n) is 6.92. The van der Waals surface area contributed by atoms with E-state index in [0.717, 1.165) is 12.5 Å². The number of ether oxygens (including phenoxy) is 3. The first kappa shape index (κ1) is 17.7. The summed E-state index contributed by atoms with van der Waals surface area (Å²) < 4.78 is 19.7. The highest BCUT2D eigenvalue weighted by Gasteiger charge is 2.21. The van der Waals surface area contributed by atoms with Gasteiger partial charge in [-0.05, 0) is 19.3 Å². The molecule has 0 saturated carbocycles. The Hall–Kier alpha value is -2.31. The van der Waals surface area contributed by atoms with E-state index in [-0.39, 0.29) is 23.0 Å². The lowest BCUT2D eigenvalue weighted by Gasteiger charge is -2.10. The van der Waals surface area contributed by atoms with Gasteiger partial charge in [0, 0.05) is 13.3 Å². The summed E-state index contributed by atoms with van der Waals surface area (Å²) in [4.78, 5) is 33.9. The van der Waals surface area contributed by atoms with Crippen molar-refractivity contribution in [1.29, 1.82) is 0 Å². The number of hydrogen-bond acceptors (Lipinski definition) is 7. The highest BCUT2D eigenvalue weighted by atomic mass is 16.5. The molecule has 0 aliphatic rings. The van der Waals surface area contributed by atoms with E-state index >= 15 is 0 Å². The summed E-state index contributed by atoms with van der Waals surface area (Å²) in [6.45, 7) is 1.70. The highest BCUT2D eigenvalue weighted by molar-refractivity contribution is 5.93. The van der Waals surface area contributed by atoms with Crippen molar-refractivity contribution in [3.63, 3.8) is 0 Å². The lowest BCUT2D eigenvalue weighted by molar-refractivity contribution is -0.141. The Bertz CT molecular complexity index is 574. The molecule has 0 aliphatic heterocycles. The van der Waals surface area contributed by atoms with Crippen LogP contribution in [-0.4, -0.2) is 32.8 Å². The summed E-state index contributed by atoms with van der Waals surface area (Å²) in [7, 11) is 2.61. The molecular weight excluding hydrogens is 292 g/mol. The molecule has 0 N–H and O–H groups in total. The molecule has 122 valence electrons. The van der Waals surface area contributed by atoms with E-state index in [2.05, 4.69) is 0 Å². The molecule has 1 aromatic rings. The third kappa shape index (κ3) is 5.23. The molecule has 0 amide bonds. The maximum Gasteiger partial charge on any atom is 0.345 e. The van der Waals surface area contributed by atoms with E-state index in [0.29, 0.717) is 25.9 Å². The molecule has 1 heterocycles. The Balaban J connectivity index is 2.72. The van der Waals surface area contributed by atoms with Crippen LogP contribution in [0, 0.1) is 0 Å². The Morgan fingerprint density at radius 1 is 1.18 bits per heavy atom. The molecule has 0 radical (unpaired) electrons. The minimum absolute atomic E-state index is 0.129. The van der Waals surface area contributed by atoms with Crippen LogP contribution in [0.5, 0.6) is 5.75 Å². The molecule has 0 bridgehead atoms. The van der Waals surface area contributed by atoms with Gasteiger partial charge in [0.1, 0.15) is 17.1 Å². The van der Waals surface area contributed by atoms with E-state index in [1.807, 2.05) is 0 Å². The van der Waals surface area contributed by atoms with Crippen molar-refractivity contribution in [2.75, 3.05) is 20.8 Å². The molecule has 1 aromatic heterocycles. The quantitative estimate of drug-likeness (QED) is 0.533. The van der Waals surface area contributed by atoms with Crippen molar-refractivity contribution < 1.29 is 28.2 Å². The first-order valence-corrected chi connectivity index (χ1v) is 6.92. The van der Waals surface area contributed by atoms with Crippen LogP contribution >= 0.6 is 0 Å². The Labute approximate surface area is 128 Å². The number of carbonyl (C=O) groups is 2. The minimum atomic E-state index is -0.615. The highest BCUT2D eigenvalue weighted by Crippen LogP contribution is 2.22. The van der Waals surface area contributed by atoms with Crippen LogP contribution in [0.2, 0.25) is 0 Å². The van der Waals surface area contributed by atoms with Gasteiger partial charge >= 0.3 is 17.6 Å². The van der Waals surface area contributed by atoms with E-state index in [1.54, 1.807) is 0 Å². The molecule has 7 nitrogen and oxygen atoms in total. The lowest BCUT2D eigenvalue weighted by Crippen LogP contribution is -2.13. The van der Waals surface area contributed by atoms with Crippen LogP contribution in [0.15, 0.2) is 15.3 Å². The number of aryl methyl sites for hydroxylation is 1. The normalized spacial score (nSPS) is 10.1. The second-order valence-electron chi connectivity index (χ2n) is 4.57. The van der Waals surface area contributed by atoms with Crippen LogP contribution in [0.1, 0.15) is 42.3 Å². The molecule has 0 fully saturated rings. The third-order valence-electron chi connectivity index (χ3n) is 2.96. The molecule has 0 unspecified atom stereocenters. The number of carbonyl (C=O) groups excluding carboxylic acids is 2. The second kappa shape index (κ2) is 8.86. The van der Waals surface area contributed by atoms with Crippen LogP contribution < -0.4 is 10.4 Å². The smallest absolute Gasteiger partial charge is 0.345 e. The predicted molar refractivity (Wildman–Crippen MR) is 77.1 cm³/mol. The summed E-state index contributed by atoms with van der Waals surface area (Å²) in [6, 6.07) is 1.11. The van der Waals surface area contributed by atoms with Gasteiger partial charge in [0.15, 0.2) is 0 Å². The number of methoxy groups -OCH3 is 2. The zero-order valence-electron chi connectivity index (χ0n) is 13.0. The van der Waals surface area contributed by atoms with Crippen molar-refractivity contribution in [2.24, 2.45) is 0 Å². The van der Waals surface area contributed by atoms with Crippen LogP contribution in [0.25, 0.3) is 0 Å². The summed E-state index contributed by atoms with van der Waals surface area (Å²) >= 11 is 0. The van der Waals surface area contributed by atoms with Crippen LogP contribution in [-0.2, 0) is 20.7 Å². The van der Waals surface area contributed by atoms with Crippen molar-refractivity contribution in [1.82, 2.24) is 0 Å². The topological polar surface area (TPSA) is 92.0 Å². The van der Waals surface area contributed by atoms with Gasteiger partial charge in [0.05, 0.1) is 26.9 Å². The largest absolute Gasteiger partial charge is 0.495 e. The first-order chi connectivity index (χ1) is 10.5. The zero-order chi connectivity index (χ0) is 16.5. The van der Waals surface area contributed by atoms with E-state index in [4.69, 9.17) is 18.6 Å². The lowest BCUT2D eigenvalue weighted by atomic mass is 10.1. The minimum Gasteiger partial charge on any atom is -0.495 e. The van der Waals surface area contributed by atoms with Crippen molar-refractivity contribution in [3.05, 3.63) is 27.8 Å². The summed E-state index contributed by atoms with van der Waals surface area (Å²) in [5.74, 6) is -0.552. The number of hydrogen-bond donors (Lipinski definition) is 0. The monoisotopic (exact) mass is 312 g/mol. The van der Waals surface area contributed by atoms with Gasteiger partial charge in [0.2, 0.25) is 0 Å². The number of esters is 2. The van der Waals surface area contributed by atoms with E-state index in [1.165, 1.54) is 21.1 Å². The van der Waals surface area contributed by atoms with Gasteiger partial charge < -0.3 is 18.6 Å². The molecule has 0 saturated heterocycles. The molecule has 1 rings (SSSR count). The summed E-state index contributed by atoms with van der Waals surface area (Å²) in [6.07, 6.45) is 2.51. The molecular formula is C15H20O7. The molecule has 0 spiro atoms. The van der Waals surface area contributed by atoms with Gasteiger partial charge in [-0.3, -0.25) is 4.79 Å². The summed E-state index contributed by atoms with van der Waals surface area (Å²) in [5.41, 5.74) is -0.455. The summed E-state index contributed by atoms with van der Waals surface area (Å²) in [5, 5.41) is 0. The second-order valence-corrected chi connectivity index (χ2v) is 4.57. The fraction of sp³-hybridized carbons (Fsp3) is 0.533. The molecule has 0 aromatic carbocycles. The predicted octanol–water partition coefficient (Wildman–Crippen LogP) is 1.71. The number of rotatable bonds is 8. The Morgan fingerprint density at radius 2 is 1.91 bits per heavy atom. The maximum atomic E-state index is 11.8. The van der Waals surface area contributed by atoms with Gasteiger partial charge in [-0.1, -0.05) is 0 Å². The fourth-order valence-corrected chi connectivity index (χ4v) is 1.95. The Kier molecular flexibility index (Phi) is 7.15. The fourth-order valence-electron chi connectivity index (χ4n) is 1.95. The SMILES string of the molecule is COC(=O)c1c(OC)cc(=O)oc1CCCCCOC(C)=O. The number of unbranched alkanes of at least 4 members (excludes halogenated alkanes) is 2. The average molecular weight is 312 g/mol. The molecule has 0 aliphatic carbocycles. The van der Waals surface area contributed by atoms with Gasteiger partial charge in [0.25, 0.3) is 0 Å². The van der Waals surface area contributed by atoms with Crippen molar-refractivity contribution in [2.45, 2.75) is 32.6 Å². The van der Waals surface area contributed by atoms with Gasteiger partial charge in [-0.15, -0.1) is 0 Å². The molecule has 22 heavy (non-hydrogen) atoms. The third-order valence-corrected chi connectivity index (χ3v) is 2.96. The van der Waals surface area contributed by atoms with Crippen molar-refractivity contribution in [3.8, 4) is 5.75 Å². The van der Waals surface area contributed by atoms with Crippen molar-refractivity contribution >= 4 is 11.9 Å². The van der Waals surface area contributed by atoms with Crippen LogP contribution in [0.3, 0.4) is 0 Å². The molecule has 0 atom stereocenters. The maximum absolute atomic E-state index is 11.8. The zero-order valence-corrected chi connectivity index (χ0v) is 13.0. The Morgan fingerprint density at radius 3 is 2.50 bits per heavy atom. The van der Waals surface area contributed by atoms with E-state index in [9.17, 15) is 14.4 Å².